The molecule has 1 saturated heterocycles. The number of methoxy groups -OCH3 is 1. The van der Waals surface area contributed by atoms with Crippen LogP contribution in [0, 0.1) is 10.1 Å². The van der Waals surface area contributed by atoms with E-state index in [9.17, 15) is 10.1 Å². The first-order valence-corrected chi connectivity index (χ1v) is 7.31. The van der Waals surface area contributed by atoms with E-state index in [2.05, 4.69) is 0 Å². The van der Waals surface area contributed by atoms with Crippen molar-refractivity contribution in [1.82, 2.24) is 0 Å². The molecule has 0 radical (unpaired) electrons. The molecule has 1 fully saturated rings. The third-order valence-electron chi connectivity index (χ3n) is 3.67. The molecule has 0 atom stereocenters. The summed E-state index contributed by atoms with van der Waals surface area (Å²) in [5.41, 5.74) is 1.27. The predicted octanol–water partition coefficient (Wildman–Crippen LogP) is 3.50. The third-order valence-corrected chi connectivity index (χ3v) is 3.93. The Labute approximate surface area is 137 Å². The van der Waals surface area contributed by atoms with Gasteiger partial charge in [0.25, 0.3) is 0 Å². The van der Waals surface area contributed by atoms with Crippen molar-refractivity contribution in [2.75, 3.05) is 20.3 Å². The molecule has 0 aliphatic carbocycles. The van der Waals surface area contributed by atoms with Gasteiger partial charge in [-0.15, -0.1) is 0 Å². The maximum absolute atomic E-state index is 11.0. The topological polar surface area (TPSA) is 70.8 Å². The summed E-state index contributed by atoms with van der Waals surface area (Å²) in [6.07, 6.45) is 0. The number of benzene rings is 2. The Morgan fingerprint density at radius 3 is 2.30 bits per heavy atom. The zero-order chi connectivity index (χ0) is 16.4. The quantitative estimate of drug-likeness (QED) is 0.631. The van der Waals surface area contributed by atoms with Gasteiger partial charge in [-0.05, 0) is 24.3 Å². The van der Waals surface area contributed by atoms with Gasteiger partial charge >= 0.3 is 5.69 Å². The Morgan fingerprint density at radius 2 is 1.74 bits per heavy atom. The molecule has 0 unspecified atom stereocenters. The second kappa shape index (κ2) is 6.16. The molecule has 23 heavy (non-hydrogen) atoms. The highest BCUT2D eigenvalue weighted by atomic mass is 35.5. The van der Waals surface area contributed by atoms with E-state index >= 15 is 0 Å². The maximum Gasteiger partial charge on any atom is 0.310 e. The molecule has 2 aromatic rings. The average molecular weight is 336 g/mol. The van der Waals surface area contributed by atoms with Crippen molar-refractivity contribution in [2.45, 2.75) is 5.79 Å². The van der Waals surface area contributed by atoms with Crippen LogP contribution in [0.25, 0.3) is 0 Å². The SMILES string of the molecule is COc1cc(C2(c3ccc(Cl)cc3)OCCO2)ccc1[N+](=O)[O-]. The van der Waals surface area contributed by atoms with Gasteiger partial charge in [0.05, 0.1) is 25.2 Å². The average Bonchev–Trinajstić information content (AvgIpc) is 3.05. The first kappa shape index (κ1) is 15.7. The molecule has 0 spiro atoms. The number of nitro groups is 1. The fraction of sp³-hybridized carbons (Fsp3) is 0.250. The van der Waals surface area contributed by atoms with Crippen LogP contribution in [0.5, 0.6) is 5.75 Å². The van der Waals surface area contributed by atoms with Crippen LogP contribution in [-0.2, 0) is 15.3 Å². The Hall–Kier alpha value is -2.15. The minimum absolute atomic E-state index is 0.111. The summed E-state index contributed by atoms with van der Waals surface area (Å²) >= 11 is 5.94. The van der Waals surface area contributed by atoms with Gasteiger partial charge in [-0.25, -0.2) is 0 Å². The van der Waals surface area contributed by atoms with Crippen molar-refractivity contribution >= 4 is 17.3 Å². The predicted molar refractivity (Wildman–Crippen MR) is 83.8 cm³/mol. The molecular weight excluding hydrogens is 322 g/mol. The highest BCUT2D eigenvalue weighted by Crippen LogP contribution is 2.41. The van der Waals surface area contributed by atoms with E-state index in [1.807, 2.05) is 12.1 Å². The molecule has 0 saturated carbocycles. The molecule has 2 aromatic carbocycles. The Bertz CT molecular complexity index is 726. The summed E-state index contributed by atoms with van der Waals surface area (Å²) in [6.45, 7) is 0.837. The first-order chi connectivity index (χ1) is 11.1. The van der Waals surface area contributed by atoms with E-state index < -0.39 is 10.7 Å². The van der Waals surface area contributed by atoms with E-state index in [1.54, 1.807) is 24.3 Å². The fourth-order valence-electron chi connectivity index (χ4n) is 2.61. The summed E-state index contributed by atoms with van der Waals surface area (Å²) in [5, 5.41) is 11.6. The lowest BCUT2D eigenvalue weighted by molar-refractivity contribution is -0.385. The summed E-state index contributed by atoms with van der Waals surface area (Å²) in [7, 11) is 1.39. The second-order valence-corrected chi connectivity index (χ2v) is 5.40. The lowest BCUT2D eigenvalue weighted by Crippen LogP contribution is -2.28. The second-order valence-electron chi connectivity index (χ2n) is 4.96. The molecule has 6 nitrogen and oxygen atoms in total. The van der Waals surface area contributed by atoms with Gasteiger partial charge in [0.15, 0.2) is 5.75 Å². The van der Waals surface area contributed by atoms with Gasteiger partial charge in [0, 0.05) is 22.2 Å². The number of halogens is 1. The molecule has 0 N–H and O–H groups in total. The summed E-state index contributed by atoms with van der Waals surface area (Å²) in [5.74, 6) is -0.965. The molecule has 1 aliphatic rings. The summed E-state index contributed by atoms with van der Waals surface area (Å²) in [6, 6.07) is 11.7. The number of nitro benzene ring substituents is 1. The van der Waals surface area contributed by atoms with Crippen molar-refractivity contribution in [3.8, 4) is 5.75 Å². The monoisotopic (exact) mass is 335 g/mol. The van der Waals surface area contributed by atoms with Crippen LogP contribution >= 0.6 is 11.6 Å². The Balaban J connectivity index is 2.12. The van der Waals surface area contributed by atoms with E-state index in [-0.39, 0.29) is 11.4 Å². The van der Waals surface area contributed by atoms with Crippen LogP contribution in [0.4, 0.5) is 5.69 Å². The van der Waals surface area contributed by atoms with Crippen molar-refractivity contribution in [3.63, 3.8) is 0 Å². The van der Waals surface area contributed by atoms with Gasteiger partial charge in [-0.1, -0.05) is 23.7 Å². The molecule has 120 valence electrons. The number of ether oxygens (including phenoxy) is 3. The van der Waals surface area contributed by atoms with Crippen LogP contribution in [0.1, 0.15) is 11.1 Å². The number of rotatable bonds is 4. The van der Waals surface area contributed by atoms with Crippen molar-refractivity contribution in [2.24, 2.45) is 0 Å². The summed E-state index contributed by atoms with van der Waals surface area (Å²) < 4.78 is 16.9. The van der Waals surface area contributed by atoms with Gasteiger partial charge in [-0.2, -0.15) is 0 Å². The molecule has 1 aliphatic heterocycles. The summed E-state index contributed by atoms with van der Waals surface area (Å²) in [4.78, 5) is 10.6. The minimum Gasteiger partial charge on any atom is -0.490 e. The molecule has 0 aromatic heterocycles. The zero-order valence-electron chi connectivity index (χ0n) is 12.3. The van der Waals surface area contributed by atoms with Crippen molar-refractivity contribution in [3.05, 3.63) is 68.7 Å². The lowest BCUT2D eigenvalue weighted by atomic mass is 9.96. The molecule has 3 rings (SSSR count). The molecule has 1 heterocycles. The van der Waals surface area contributed by atoms with Crippen LogP contribution in [0.3, 0.4) is 0 Å². The zero-order valence-corrected chi connectivity index (χ0v) is 13.1. The van der Waals surface area contributed by atoms with Gasteiger partial charge in [0.2, 0.25) is 5.79 Å². The maximum atomic E-state index is 11.0. The van der Waals surface area contributed by atoms with Gasteiger partial charge in [-0.3, -0.25) is 10.1 Å². The van der Waals surface area contributed by atoms with E-state index in [4.69, 9.17) is 25.8 Å². The van der Waals surface area contributed by atoms with Gasteiger partial charge < -0.3 is 14.2 Å². The van der Waals surface area contributed by atoms with E-state index in [0.29, 0.717) is 23.8 Å². The molecular formula is C16H14ClNO5. The highest BCUT2D eigenvalue weighted by molar-refractivity contribution is 6.30. The minimum atomic E-state index is -1.12. The van der Waals surface area contributed by atoms with Crippen molar-refractivity contribution in [1.29, 1.82) is 0 Å². The number of hydrogen-bond acceptors (Lipinski definition) is 5. The molecule has 0 amide bonds. The number of hydrogen-bond donors (Lipinski definition) is 0. The van der Waals surface area contributed by atoms with Crippen LogP contribution < -0.4 is 4.74 Å². The molecule has 0 bridgehead atoms. The largest absolute Gasteiger partial charge is 0.490 e. The first-order valence-electron chi connectivity index (χ1n) is 6.94. The Morgan fingerprint density at radius 1 is 1.13 bits per heavy atom. The Kier molecular flexibility index (Phi) is 4.21. The fourth-order valence-corrected chi connectivity index (χ4v) is 2.74. The highest BCUT2D eigenvalue weighted by Gasteiger charge is 2.41. The van der Waals surface area contributed by atoms with Crippen molar-refractivity contribution < 1.29 is 19.1 Å². The number of nitrogens with zero attached hydrogens (tertiary/aromatic N) is 1. The van der Waals surface area contributed by atoms with E-state index in [0.717, 1.165) is 5.56 Å². The normalized spacial score (nSPS) is 16.3. The lowest BCUT2D eigenvalue weighted by Gasteiger charge is -2.28. The third kappa shape index (κ3) is 2.76. The standard InChI is InChI=1S/C16H14ClNO5/c1-21-15-10-12(4-7-14(15)18(19)20)16(22-8-9-23-16)11-2-5-13(17)6-3-11/h2-7,10H,8-9H2,1H3. The van der Waals surface area contributed by atoms with E-state index in [1.165, 1.54) is 13.2 Å². The van der Waals surface area contributed by atoms with Crippen LogP contribution in [-0.4, -0.2) is 25.2 Å². The van der Waals surface area contributed by atoms with Crippen LogP contribution in [0.2, 0.25) is 5.02 Å². The van der Waals surface area contributed by atoms with Crippen LogP contribution in [0.15, 0.2) is 42.5 Å². The molecule has 7 heteroatoms. The smallest absolute Gasteiger partial charge is 0.310 e. The van der Waals surface area contributed by atoms with Gasteiger partial charge in [0.1, 0.15) is 0 Å².